The molecule has 0 amide bonds. The number of morpholine rings is 1. The molecule has 1 saturated heterocycles. The van der Waals surface area contributed by atoms with E-state index < -0.39 is 0 Å². The number of hydrogen-bond donors (Lipinski definition) is 1. The molecular weight excluding hydrogens is 378 g/mol. The number of imidazole rings is 1. The number of hydrogen-bond acceptors (Lipinski definition) is 5. The summed E-state index contributed by atoms with van der Waals surface area (Å²) in [6.45, 7) is 5.12. The summed E-state index contributed by atoms with van der Waals surface area (Å²) in [4.78, 5) is 10.7. The number of H-pyrrole nitrogens is 1. The molecule has 30 heavy (non-hydrogen) atoms. The van der Waals surface area contributed by atoms with E-state index in [0.717, 1.165) is 66.7 Å². The number of aromatic nitrogens is 4. The fourth-order valence-electron chi connectivity index (χ4n) is 3.93. The van der Waals surface area contributed by atoms with Crippen LogP contribution in [0, 0.1) is 0 Å². The molecule has 4 aromatic rings. The van der Waals surface area contributed by atoms with Gasteiger partial charge in [-0.3, -0.25) is 4.90 Å². The van der Waals surface area contributed by atoms with Crippen LogP contribution in [0.3, 0.4) is 0 Å². The van der Waals surface area contributed by atoms with Gasteiger partial charge in [-0.1, -0.05) is 36.4 Å². The Balaban J connectivity index is 1.40. The van der Waals surface area contributed by atoms with E-state index in [9.17, 15) is 0 Å². The van der Waals surface area contributed by atoms with E-state index in [1.54, 1.807) is 7.11 Å². The summed E-state index contributed by atoms with van der Waals surface area (Å²) in [7, 11) is 1.69. The highest BCUT2D eigenvalue weighted by Crippen LogP contribution is 2.24. The molecule has 0 spiro atoms. The fourth-order valence-corrected chi connectivity index (χ4v) is 3.93. The van der Waals surface area contributed by atoms with Crippen molar-refractivity contribution in [1.82, 2.24) is 24.6 Å². The largest absolute Gasteiger partial charge is 0.496 e. The fraction of sp³-hybridized carbons (Fsp3) is 0.304. The van der Waals surface area contributed by atoms with Crippen molar-refractivity contribution >= 4 is 11.2 Å². The van der Waals surface area contributed by atoms with Gasteiger partial charge >= 0.3 is 0 Å². The third-order valence-electron chi connectivity index (χ3n) is 5.51. The van der Waals surface area contributed by atoms with E-state index >= 15 is 0 Å². The zero-order valence-electron chi connectivity index (χ0n) is 17.0. The molecule has 0 saturated carbocycles. The average Bonchev–Trinajstić information content (AvgIpc) is 3.37. The second kappa shape index (κ2) is 8.30. The van der Waals surface area contributed by atoms with Crippen LogP contribution in [-0.2, 0) is 17.8 Å². The Hall–Kier alpha value is -3.16. The Labute approximate surface area is 175 Å². The van der Waals surface area contributed by atoms with Gasteiger partial charge in [-0.05, 0) is 17.7 Å². The van der Waals surface area contributed by atoms with Gasteiger partial charge in [0.2, 0.25) is 0 Å². The molecule has 5 rings (SSSR count). The maximum atomic E-state index is 5.48. The Kier molecular flexibility index (Phi) is 5.21. The van der Waals surface area contributed by atoms with E-state index in [-0.39, 0.29) is 0 Å². The summed E-state index contributed by atoms with van der Waals surface area (Å²) >= 11 is 0. The maximum absolute atomic E-state index is 5.48. The van der Waals surface area contributed by atoms with E-state index in [2.05, 4.69) is 45.3 Å². The van der Waals surface area contributed by atoms with E-state index in [1.165, 1.54) is 5.56 Å². The molecule has 0 atom stereocenters. The quantitative estimate of drug-likeness (QED) is 0.535. The molecule has 1 aliphatic heterocycles. The lowest BCUT2D eigenvalue weighted by Gasteiger charge is -2.26. The molecule has 0 unspecified atom stereocenters. The molecule has 0 bridgehead atoms. The summed E-state index contributed by atoms with van der Waals surface area (Å²) in [5.41, 5.74) is 5.21. The summed E-state index contributed by atoms with van der Waals surface area (Å²) in [6.07, 6.45) is 1.83. The van der Waals surface area contributed by atoms with Gasteiger partial charge in [0.25, 0.3) is 0 Å². The monoisotopic (exact) mass is 403 g/mol. The number of para-hydroxylation sites is 1. The van der Waals surface area contributed by atoms with Crippen LogP contribution in [0.25, 0.3) is 22.6 Å². The molecule has 0 aliphatic carbocycles. The Bertz CT molecular complexity index is 1140. The van der Waals surface area contributed by atoms with E-state index in [0.29, 0.717) is 6.54 Å². The lowest BCUT2D eigenvalue weighted by Crippen LogP contribution is -2.35. The van der Waals surface area contributed by atoms with Crippen LogP contribution >= 0.6 is 0 Å². The minimum Gasteiger partial charge on any atom is -0.496 e. The summed E-state index contributed by atoms with van der Waals surface area (Å²) in [5.74, 6) is 1.72. The molecule has 7 heteroatoms. The van der Waals surface area contributed by atoms with Gasteiger partial charge < -0.3 is 14.5 Å². The number of methoxy groups -OCH3 is 1. The molecule has 2 aromatic carbocycles. The molecule has 3 heterocycles. The highest BCUT2D eigenvalue weighted by molar-refractivity contribution is 5.76. The normalized spacial score (nSPS) is 15.0. The van der Waals surface area contributed by atoms with Crippen LogP contribution in [0.5, 0.6) is 5.75 Å². The first-order chi connectivity index (χ1) is 14.8. The number of nitrogens with zero attached hydrogens (tertiary/aromatic N) is 4. The predicted molar refractivity (Wildman–Crippen MR) is 116 cm³/mol. The Morgan fingerprint density at radius 2 is 1.93 bits per heavy atom. The number of aromatic amines is 1. The van der Waals surface area contributed by atoms with Gasteiger partial charge in [0, 0.05) is 30.8 Å². The van der Waals surface area contributed by atoms with Crippen LogP contribution in [-0.4, -0.2) is 58.1 Å². The van der Waals surface area contributed by atoms with E-state index in [1.807, 2.05) is 29.1 Å². The van der Waals surface area contributed by atoms with Crippen LogP contribution in [0.4, 0.5) is 0 Å². The second-order valence-corrected chi connectivity index (χ2v) is 7.53. The van der Waals surface area contributed by atoms with Crippen molar-refractivity contribution in [2.24, 2.45) is 0 Å². The molecule has 154 valence electrons. The molecule has 1 aliphatic rings. The zero-order chi connectivity index (χ0) is 20.3. The predicted octanol–water partition coefficient (Wildman–Crippen LogP) is 3.32. The molecule has 1 fully saturated rings. The first-order valence-electron chi connectivity index (χ1n) is 10.2. The lowest BCUT2D eigenvalue weighted by atomic mass is 10.1. The number of benzene rings is 2. The Morgan fingerprint density at radius 1 is 1.07 bits per heavy atom. The third-order valence-corrected chi connectivity index (χ3v) is 5.51. The van der Waals surface area contributed by atoms with Crippen LogP contribution in [0.15, 0.2) is 54.7 Å². The van der Waals surface area contributed by atoms with Crippen molar-refractivity contribution in [3.8, 4) is 17.1 Å². The topological polar surface area (TPSA) is 68.2 Å². The summed E-state index contributed by atoms with van der Waals surface area (Å²) < 4.78 is 12.8. The van der Waals surface area contributed by atoms with Crippen molar-refractivity contribution in [2.45, 2.75) is 13.1 Å². The minimum atomic E-state index is 0.606. The zero-order valence-corrected chi connectivity index (χ0v) is 17.0. The Morgan fingerprint density at radius 3 is 2.80 bits per heavy atom. The first kappa shape index (κ1) is 18.8. The highest BCUT2D eigenvalue weighted by Gasteiger charge is 2.14. The molecule has 7 nitrogen and oxygen atoms in total. The van der Waals surface area contributed by atoms with Gasteiger partial charge in [0.1, 0.15) is 17.1 Å². The van der Waals surface area contributed by atoms with Gasteiger partial charge in [-0.25, -0.2) is 9.67 Å². The smallest absolute Gasteiger partial charge is 0.177 e. The number of nitrogens with one attached hydrogen (secondary N) is 1. The van der Waals surface area contributed by atoms with Gasteiger partial charge in [-0.15, -0.1) is 0 Å². The number of rotatable bonds is 6. The lowest BCUT2D eigenvalue weighted by molar-refractivity contribution is 0.0342. The van der Waals surface area contributed by atoms with Gasteiger partial charge in [-0.2, -0.15) is 5.10 Å². The molecule has 1 N–H and O–H groups in total. The first-order valence-corrected chi connectivity index (χ1v) is 10.2. The van der Waals surface area contributed by atoms with Crippen molar-refractivity contribution in [1.29, 1.82) is 0 Å². The maximum Gasteiger partial charge on any atom is 0.177 e. The summed E-state index contributed by atoms with van der Waals surface area (Å²) in [5, 5.41) is 4.50. The third kappa shape index (κ3) is 3.81. The number of ether oxygens (including phenoxy) is 2. The average molecular weight is 403 g/mol. The second-order valence-electron chi connectivity index (χ2n) is 7.53. The SMILES string of the molecule is COc1ccccc1Cn1ncc2[nH]c(-c3cccc(CN4CCOCC4)c3)nc21. The summed E-state index contributed by atoms with van der Waals surface area (Å²) in [6, 6.07) is 16.6. The standard InChI is InChI=1S/C23H25N5O2/c1-29-21-8-3-2-6-19(21)16-28-23-20(14-24-28)25-22(26-23)18-7-4-5-17(13-18)15-27-9-11-30-12-10-27/h2-8,13-14H,9-12,15-16H2,1H3,(H,25,26). The van der Waals surface area contributed by atoms with Crippen molar-refractivity contribution in [3.63, 3.8) is 0 Å². The van der Waals surface area contributed by atoms with Crippen LogP contribution in [0.2, 0.25) is 0 Å². The van der Waals surface area contributed by atoms with Gasteiger partial charge in [0.05, 0.1) is 33.1 Å². The number of fused-ring (bicyclic) bond motifs is 1. The molecule has 0 radical (unpaired) electrons. The molecular formula is C23H25N5O2. The van der Waals surface area contributed by atoms with E-state index in [4.69, 9.17) is 14.5 Å². The highest BCUT2D eigenvalue weighted by atomic mass is 16.5. The van der Waals surface area contributed by atoms with Gasteiger partial charge in [0.15, 0.2) is 5.65 Å². The van der Waals surface area contributed by atoms with Crippen LogP contribution in [0.1, 0.15) is 11.1 Å². The minimum absolute atomic E-state index is 0.606. The molecule has 2 aromatic heterocycles. The van der Waals surface area contributed by atoms with Crippen LogP contribution < -0.4 is 4.74 Å². The van der Waals surface area contributed by atoms with Crippen molar-refractivity contribution < 1.29 is 9.47 Å². The van der Waals surface area contributed by atoms with Crippen molar-refractivity contribution in [2.75, 3.05) is 33.4 Å². The van der Waals surface area contributed by atoms with Crippen molar-refractivity contribution in [3.05, 3.63) is 65.9 Å².